The van der Waals surface area contributed by atoms with E-state index in [0.29, 0.717) is 30.5 Å². The summed E-state index contributed by atoms with van der Waals surface area (Å²) in [7, 11) is 1.58. The van der Waals surface area contributed by atoms with Gasteiger partial charge in [0.15, 0.2) is 0 Å². The first-order valence-corrected chi connectivity index (χ1v) is 7.36. The van der Waals surface area contributed by atoms with Crippen molar-refractivity contribution in [3.63, 3.8) is 0 Å². The summed E-state index contributed by atoms with van der Waals surface area (Å²) < 4.78 is 10.7. The van der Waals surface area contributed by atoms with Gasteiger partial charge in [0.05, 0.1) is 32.1 Å². The standard InChI is InChI=1S/C15H21ClN2O3/c1-10-6-13(14(20-3)7-12(10)16)17-8-15(19)18-4-5-21-11(2)9-18/h6-7,11,17H,4-5,8-9H2,1-3H3. The lowest BCUT2D eigenvalue weighted by atomic mass is 10.2. The second-order valence-electron chi connectivity index (χ2n) is 5.18. The number of ether oxygens (including phenoxy) is 2. The molecule has 1 unspecified atom stereocenters. The van der Waals surface area contributed by atoms with Crippen LogP contribution in [0.2, 0.25) is 5.02 Å². The van der Waals surface area contributed by atoms with E-state index in [2.05, 4.69) is 5.32 Å². The average molecular weight is 313 g/mol. The van der Waals surface area contributed by atoms with Crippen molar-refractivity contribution < 1.29 is 14.3 Å². The number of aryl methyl sites for hydroxylation is 1. The Morgan fingerprint density at radius 1 is 1.57 bits per heavy atom. The van der Waals surface area contributed by atoms with E-state index in [4.69, 9.17) is 21.1 Å². The summed E-state index contributed by atoms with van der Waals surface area (Å²) in [5.74, 6) is 0.688. The van der Waals surface area contributed by atoms with Gasteiger partial charge in [0.2, 0.25) is 5.91 Å². The minimum atomic E-state index is 0.0554. The van der Waals surface area contributed by atoms with Gasteiger partial charge in [0.1, 0.15) is 5.75 Å². The highest BCUT2D eigenvalue weighted by Crippen LogP contribution is 2.30. The molecule has 1 N–H and O–H groups in total. The van der Waals surface area contributed by atoms with E-state index < -0.39 is 0 Å². The van der Waals surface area contributed by atoms with Gasteiger partial charge >= 0.3 is 0 Å². The average Bonchev–Trinajstić information content (AvgIpc) is 2.47. The molecule has 21 heavy (non-hydrogen) atoms. The molecule has 1 amide bonds. The molecule has 0 saturated carbocycles. The largest absolute Gasteiger partial charge is 0.495 e. The van der Waals surface area contributed by atoms with Gasteiger partial charge in [-0.1, -0.05) is 11.6 Å². The zero-order valence-corrected chi connectivity index (χ0v) is 13.4. The number of hydrogen-bond acceptors (Lipinski definition) is 4. The molecular formula is C15H21ClN2O3. The lowest BCUT2D eigenvalue weighted by Gasteiger charge is -2.31. The van der Waals surface area contributed by atoms with Crippen LogP contribution in [0.1, 0.15) is 12.5 Å². The molecule has 1 aliphatic rings. The number of halogens is 1. The molecule has 1 heterocycles. The fourth-order valence-corrected chi connectivity index (χ4v) is 2.45. The summed E-state index contributed by atoms with van der Waals surface area (Å²) in [5, 5.41) is 3.77. The summed E-state index contributed by atoms with van der Waals surface area (Å²) in [6.07, 6.45) is 0.0926. The molecule has 1 aromatic rings. The number of carbonyl (C=O) groups is 1. The predicted octanol–water partition coefficient (Wildman–Crippen LogP) is 2.32. The maximum Gasteiger partial charge on any atom is 0.242 e. The molecule has 1 aromatic carbocycles. The monoisotopic (exact) mass is 312 g/mol. The summed E-state index contributed by atoms with van der Waals surface area (Å²) in [6, 6.07) is 3.64. The Kier molecular flexibility index (Phi) is 5.31. The van der Waals surface area contributed by atoms with Crippen LogP contribution in [-0.2, 0) is 9.53 Å². The SMILES string of the molecule is COc1cc(Cl)c(C)cc1NCC(=O)N1CCOC(C)C1. The number of anilines is 1. The van der Waals surface area contributed by atoms with Crippen LogP contribution in [0.25, 0.3) is 0 Å². The smallest absolute Gasteiger partial charge is 0.242 e. The Labute approximate surface area is 130 Å². The first kappa shape index (κ1) is 15.9. The van der Waals surface area contributed by atoms with Gasteiger partial charge in [-0.15, -0.1) is 0 Å². The molecule has 0 aliphatic carbocycles. The highest BCUT2D eigenvalue weighted by atomic mass is 35.5. The third-order valence-electron chi connectivity index (χ3n) is 3.50. The fraction of sp³-hybridized carbons (Fsp3) is 0.533. The Morgan fingerprint density at radius 2 is 2.33 bits per heavy atom. The fourth-order valence-electron chi connectivity index (χ4n) is 2.30. The number of morpholine rings is 1. The van der Waals surface area contributed by atoms with E-state index in [-0.39, 0.29) is 18.6 Å². The summed E-state index contributed by atoms with van der Waals surface area (Å²) >= 11 is 6.07. The van der Waals surface area contributed by atoms with Crippen molar-refractivity contribution in [3.05, 3.63) is 22.7 Å². The van der Waals surface area contributed by atoms with Gasteiger partial charge in [0.25, 0.3) is 0 Å². The van der Waals surface area contributed by atoms with Crippen molar-refractivity contribution in [1.29, 1.82) is 0 Å². The van der Waals surface area contributed by atoms with Crippen LogP contribution in [0, 0.1) is 6.92 Å². The molecule has 1 fully saturated rings. The van der Waals surface area contributed by atoms with Gasteiger partial charge < -0.3 is 19.7 Å². The van der Waals surface area contributed by atoms with Gasteiger partial charge in [0, 0.05) is 24.2 Å². The lowest BCUT2D eigenvalue weighted by molar-refractivity contribution is -0.136. The minimum Gasteiger partial charge on any atom is -0.495 e. The number of amides is 1. The predicted molar refractivity (Wildman–Crippen MR) is 83.2 cm³/mol. The van der Waals surface area contributed by atoms with Crippen LogP contribution in [0.3, 0.4) is 0 Å². The van der Waals surface area contributed by atoms with E-state index >= 15 is 0 Å². The summed E-state index contributed by atoms with van der Waals surface area (Å²) in [5.41, 5.74) is 1.71. The van der Waals surface area contributed by atoms with Crippen molar-refractivity contribution in [2.45, 2.75) is 20.0 Å². The number of carbonyl (C=O) groups excluding carboxylic acids is 1. The number of benzene rings is 1. The number of hydrogen-bond donors (Lipinski definition) is 1. The molecule has 0 aromatic heterocycles. The third-order valence-corrected chi connectivity index (χ3v) is 3.91. The maximum atomic E-state index is 12.2. The molecule has 2 rings (SSSR count). The molecule has 1 saturated heterocycles. The minimum absolute atomic E-state index is 0.0554. The van der Waals surface area contributed by atoms with Gasteiger partial charge in [-0.3, -0.25) is 4.79 Å². The van der Waals surface area contributed by atoms with Crippen molar-refractivity contribution >= 4 is 23.2 Å². The third kappa shape index (κ3) is 4.02. The topological polar surface area (TPSA) is 50.8 Å². The van der Waals surface area contributed by atoms with Crippen LogP contribution in [0.4, 0.5) is 5.69 Å². The van der Waals surface area contributed by atoms with E-state index in [0.717, 1.165) is 11.3 Å². The number of nitrogens with one attached hydrogen (secondary N) is 1. The van der Waals surface area contributed by atoms with Gasteiger partial charge in [-0.25, -0.2) is 0 Å². The Bertz CT molecular complexity index is 522. The second kappa shape index (κ2) is 7.00. The quantitative estimate of drug-likeness (QED) is 0.927. The molecule has 0 radical (unpaired) electrons. The van der Waals surface area contributed by atoms with Crippen LogP contribution >= 0.6 is 11.6 Å². The van der Waals surface area contributed by atoms with Gasteiger partial charge in [-0.2, -0.15) is 0 Å². The molecule has 6 heteroatoms. The van der Waals surface area contributed by atoms with Crippen LogP contribution in [0.5, 0.6) is 5.75 Å². The number of methoxy groups -OCH3 is 1. The summed E-state index contributed by atoms with van der Waals surface area (Å²) in [4.78, 5) is 14.0. The van der Waals surface area contributed by atoms with Gasteiger partial charge in [-0.05, 0) is 25.5 Å². The second-order valence-corrected chi connectivity index (χ2v) is 5.58. The van der Waals surface area contributed by atoms with Crippen molar-refractivity contribution in [1.82, 2.24) is 4.90 Å². The normalized spacial score (nSPS) is 18.5. The lowest BCUT2D eigenvalue weighted by Crippen LogP contribution is -2.46. The van der Waals surface area contributed by atoms with Crippen LogP contribution < -0.4 is 10.1 Å². The highest BCUT2D eigenvalue weighted by Gasteiger charge is 2.21. The molecule has 0 spiro atoms. The van der Waals surface area contributed by atoms with E-state index in [1.807, 2.05) is 24.8 Å². The molecule has 0 bridgehead atoms. The van der Waals surface area contributed by atoms with E-state index in [9.17, 15) is 4.79 Å². The first-order valence-electron chi connectivity index (χ1n) is 6.98. The van der Waals surface area contributed by atoms with Crippen molar-refractivity contribution in [3.8, 4) is 5.75 Å². The Morgan fingerprint density at radius 3 is 3.00 bits per heavy atom. The summed E-state index contributed by atoms with van der Waals surface area (Å²) in [6.45, 7) is 5.98. The zero-order valence-electron chi connectivity index (χ0n) is 12.6. The zero-order chi connectivity index (χ0) is 15.4. The van der Waals surface area contributed by atoms with Crippen molar-refractivity contribution in [2.75, 3.05) is 38.7 Å². The first-order chi connectivity index (χ1) is 10.0. The molecular weight excluding hydrogens is 292 g/mol. The Hall–Kier alpha value is -1.46. The van der Waals surface area contributed by atoms with E-state index in [1.165, 1.54) is 0 Å². The molecule has 5 nitrogen and oxygen atoms in total. The van der Waals surface area contributed by atoms with Crippen LogP contribution in [0.15, 0.2) is 12.1 Å². The molecule has 116 valence electrons. The molecule has 1 aliphatic heterocycles. The number of rotatable bonds is 4. The van der Waals surface area contributed by atoms with Crippen molar-refractivity contribution in [2.24, 2.45) is 0 Å². The van der Waals surface area contributed by atoms with Crippen LogP contribution in [-0.4, -0.2) is 50.3 Å². The molecule has 1 atom stereocenters. The highest BCUT2D eigenvalue weighted by molar-refractivity contribution is 6.31. The maximum absolute atomic E-state index is 12.2. The number of nitrogens with zero attached hydrogens (tertiary/aromatic N) is 1. The Balaban J connectivity index is 1.99. The van der Waals surface area contributed by atoms with E-state index in [1.54, 1.807) is 13.2 Å².